The molecule has 1 heterocycles. The SMILES string of the molecule is C.C.C.C.CCC(Cl)(CC(C)(C)C(=O)OC1C(=O)OCC1(C)C)C(=O)OC(C)(C)c1ccc(OC)cc1. The predicted octanol–water partition coefficient (Wildman–Crippen LogP) is 7.32. The molecule has 0 spiro atoms. The third kappa shape index (κ3) is 8.91. The molecule has 0 amide bonds. The predicted molar refractivity (Wildman–Crippen MR) is 151 cm³/mol. The van der Waals surface area contributed by atoms with Crippen molar-refractivity contribution in [2.24, 2.45) is 10.8 Å². The van der Waals surface area contributed by atoms with Crippen LogP contribution in [-0.4, -0.2) is 42.6 Å². The van der Waals surface area contributed by atoms with Gasteiger partial charge in [-0.3, -0.25) is 9.59 Å². The molecule has 1 aromatic rings. The van der Waals surface area contributed by atoms with E-state index in [0.717, 1.165) is 5.56 Å². The van der Waals surface area contributed by atoms with Crippen molar-refractivity contribution >= 4 is 29.5 Å². The minimum atomic E-state index is -1.46. The highest BCUT2D eigenvalue weighted by molar-refractivity contribution is 6.34. The van der Waals surface area contributed by atoms with Crippen LogP contribution in [0.25, 0.3) is 0 Å². The molecule has 1 saturated heterocycles. The first-order valence-corrected chi connectivity index (χ1v) is 11.4. The summed E-state index contributed by atoms with van der Waals surface area (Å²) in [6.45, 7) is 12.3. The Morgan fingerprint density at radius 2 is 1.54 bits per heavy atom. The third-order valence-electron chi connectivity index (χ3n) is 6.07. The number of carbonyl (C=O) groups excluding carboxylic acids is 3. The number of alkyl halides is 1. The topological polar surface area (TPSA) is 88.1 Å². The molecule has 0 aromatic heterocycles. The Balaban J connectivity index is -0.00000289. The van der Waals surface area contributed by atoms with Crippen LogP contribution in [0.2, 0.25) is 0 Å². The number of carbonyl (C=O) groups is 3. The molecule has 0 bridgehead atoms. The number of benzene rings is 1. The first-order valence-electron chi connectivity index (χ1n) is 11.0. The molecule has 2 rings (SSSR count). The van der Waals surface area contributed by atoms with E-state index in [2.05, 4.69) is 0 Å². The van der Waals surface area contributed by atoms with Crippen molar-refractivity contribution in [3.63, 3.8) is 0 Å². The summed E-state index contributed by atoms with van der Waals surface area (Å²) in [7, 11) is 1.58. The zero-order valence-electron chi connectivity index (χ0n) is 20.7. The summed E-state index contributed by atoms with van der Waals surface area (Å²) in [4.78, 5) is 36.8. The highest BCUT2D eigenvalue weighted by Gasteiger charge is 2.51. The van der Waals surface area contributed by atoms with Crippen LogP contribution in [0.15, 0.2) is 24.3 Å². The second-order valence-corrected chi connectivity index (χ2v) is 11.1. The lowest BCUT2D eigenvalue weighted by Crippen LogP contribution is -2.46. The molecule has 2 atom stereocenters. The van der Waals surface area contributed by atoms with E-state index in [-0.39, 0.29) is 49.2 Å². The maximum Gasteiger partial charge on any atom is 0.348 e. The summed E-state index contributed by atoms with van der Waals surface area (Å²) in [5.41, 5.74) is -1.97. The summed E-state index contributed by atoms with van der Waals surface area (Å²) in [6.07, 6.45) is -0.798. The molecule has 1 aliphatic rings. The Morgan fingerprint density at radius 3 is 1.95 bits per heavy atom. The molecule has 0 N–H and O–H groups in total. The number of ether oxygens (including phenoxy) is 4. The molecule has 1 aromatic carbocycles. The Labute approximate surface area is 230 Å². The van der Waals surface area contributed by atoms with E-state index in [1.54, 1.807) is 67.7 Å². The van der Waals surface area contributed by atoms with Crippen LogP contribution in [0.4, 0.5) is 0 Å². The zero-order valence-corrected chi connectivity index (χ0v) is 21.5. The Bertz CT molecular complexity index is 890. The lowest BCUT2D eigenvalue weighted by molar-refractivity contribution is -0.172. The first kappa shape index (κ1) is 39.2. The molecule has 37 heavy (non-hydrogen) atoms. The minimum absolute atomic E-state index is 0. The van der Waals surface area contributed by atoms with E-state index in [9.17, 15) is 14.4 Å². The molecular weight excluding hydrogens is 496 g/mol. The van der Waals surface area contributed by atoms with Gasteiger partial charge in [-0.05, 0) is 58.2 Å². The zero-order chi connectivity index (χ0) is 25.2. The number of hydrogen-bond acceptors (Lipinski definition) is 7. The van der Waals surface area contributed by atoms with E-state index >= 15 is 0 Å². The van der Waals surface area contributed by atoms with Gasteiger partial charge in [-0.2, -0.15) is 0 Å². The van der Waals surface area contributed by atoms with Gasteiger partial charge in [-0.25, -0.2) is 4.79 Å². The summed E-state index contributed by atoms with van der Waals surface area (Å²) in [5.74, 6) is -1.14. The van der Waals surface area contributed by atoms with Gasteiger partial charge in [0.1, 0.15) is 22.8 Å². The fourth-order valence-corrected chi connectivity index (χ4v) is 4.06. The van der Waals surface area contributed by atoms with E-state index in [0.29, 0.717) is 5.75 Å². The Hall–Kier alpha value is -2.28. The van der Waals surface area contributed by atoms with Crippen molar-refractivity contribution < 1.29 is 33.3 Å². The number of esters is 3. The molecular formula is C29H51ClO7. The van der Waals surface area contributed by atoms with Crippen LogP contribution in [0.3, 0.4) is 0 Å². The fourth-order valence-electron chi connectivity index (χ4n) is 3.69. The lowest BCUT2D eigenvalue weighted by Gasteiger charge is -2.36. The molecule has 216 valence electrons. The number of hydrogen-bond donors (Lipinski definition) is 0. The Morgan fingerprint density at radius 1 is 1.03 bits per heavy atom. The summed E-state index contributed by atoms with van der Waals surface area (Å²) in [6, 6.07) is 7.20. The van der Waals surface area contributed by atoms with Crippen LogP contribution in [0.1, 0.15) is 96.6 Å². The van der Waals surface area contributed by atoms with Crippen molar-refractivity contribution in [1.29, 1.82) is 0 Å². The van der Waals surface area contributed by atoms with Crippen LogP contribution in [0, 0.1) is 10.8 Å². The van der Waals surface area contributed by atoms with Crippen molar-refractivity contribution in [1.82, 2.24) is 0 Å². The van der Waals surface area contributed by atoms with Crippen LogP contribution in [-0.2, 0) is 34.2 Å². The van der Waals surface area contributed by atoms with Crippen molar-refractivity contribution in [3.05, 3.63) is 29.8 Å². The molecule has 1 aliphatic heterocycles. The van der Waals surface area contributed by atoms with E-state index in [1.165, 1.54) is 0 Å². The van der Waals surface area contributed by atoms with Gasteiger partial charge in [-0.1, -0.05) is 62.6 Å². The van der Waals surface area contributed by atoms with Gasteiger partial charge in [0.2, 0.25) is 6.10 Å². The third-order valence-corrected chi connectivity index (χ3v) is 6.62. The molecule has 0 aliphatic carbocycles. The molecule has 1 fully saturated rings. The number of halogens is 1. The van der Waals surface area contributed by atoms with Crippen molar-refractivity contribution in [2.45, 2.75) is 108 Å². The fraction of sp³-hybridized carbons (Fsp3) is 0.690. The average Bonchev–Trinajstić information content (AvgIpc) is 2.99. The monoisotopic (exact) mass is 546 g/mol. The second-order valence-electron chi connectivity index (χ2n) is 10.4. The lowest BCUT2D eigenvalue weighted by atomic mass is 9.80. The summed E-state index contributed by atoms with van der Waals surface area (Å²) >= 11 is 6.75. The van der Waals surface area contributed by atoms with E-state index < -0.39 is 45.3 Å². The quantitative estimate of drug-likeness (QED) is 0.182. The molecule has 2 unspecified atom stereocenters. The standard InChI is InChI=1S/C25H35ClO7.4CH4/c1-9-25(26,21(29)33-24(6,7)16-10-12-17(30-8)13-11-16)14-22(2,3)20(28)32-18-19(27)31-15-23(18,4)5;;;;/h10-13,18H,9,14-15H2,1-8H3;4*1H4. The van der Waals surface area contributed by atoms with Crippen LogP contribution in [0.5, 0.6) is 5.75 Å². The summed E-state index contributed by atoms with van der Waals surface area (Å²) in [5, 5.41) is 0. The highest BCUT2D eigenvalue weighted by Crippen LogP contribution is 2.41. The van der Waals surface area contributed by atoms with Gasteiger partial charge in [0.25, 0.3) is 0 Å². The maximum absolute atomic E-state index is 13.2. The number of rotatable bonds is 9. The van der Waals surface area contributed by atoms with E-state index in [4.69, 9.17) is 30.5 Å². The van der Waals surface area contributed by atoms with E-state index in [1.807, 2.05) is 12.1 Å². The minimum Gasteiger partial charge on any atom is -0.497 e. The second kappa shape index (κ2) is 14.0. The van der Waals surface area contributed by atoms with Gasteiger partial charge < -0.3 is 18.9 Å². The Kier molecular flexibility index (Phi) is 14.9. The normalized spacial score (nSPS) is 17.8. The molecule has 8 heteroatoms. The van der Waals surface area contributed by atoms with Crippen molar-refractivity contribution in [2.75, 3.05) is 13.7 Å². The highest BCUT2D eigenvalue weighted by atomic mass is 35.5. The maximum atomic E-state index is 13.2. The smallest absolute Gasteiger partial charge is 0.348 e. The van der Waals surface area contributed by atoms with Crippen LogP contribution < -0.4 is 4.74 Å². The average molecular weight is 547 g/mol. The molecule has 7 nitrogen and oxygen atoms in total. The van der Waals surface area contributed by atoms with Gasteiger partial charge in [0.05, 0.1) is 12.5 Å². The largest absolute Gasteiger partial charge is 0.497 e. The van der Waals surface area contributed by atoms with Crippen molar-refractivity contribution in [3.8, 4) is 5.75 Å². The van der Waals surface area contributed by atoms with Gasteiger partial charge in [0.15, 0.2) is 0 Å². The first-order chi connectivity index (χ1) is 15.1. The molecule has 0 saturated carbocycles. The summed E-state index contributed by atoms with van der Waals surface area (Å²) < 4.78 is 21.6. The molecule has 0 radical (unpaired) electrons. The van der Waals surface area contributed by atoms with Gasteiger partial charge in [-0.15, -0.1) is 11.6 Å². The van der Waals surface area contributed by atoms with Gasteiger partial charge >= 0.3 is 17.9 Å². The number of methoxy groups -OCH3 is 1. The van der Waals surface area contributed by atoms with Gasteiger partial charge in [0, 0.05) is 5.41 Å². The van der Waals surface area contributed by atoms with Crippen LogP contribution >= 0.6 is 11.6 Å². The number of cyclic esters (lactones) is 1.